The highest BCUT2D eigenvalue weighted by Gasteiger charge is 2.17. The average molecular weight is 258 g/mol. The van der Waals surface area contributed by atoms with Crippen LogP contribution in [0.5, 0.6) is 0 Å². The van der Waals surface area contributed by atoms with Gasteiger partial charge in [-0.25, -0.2) is 0 Å². The first-order valence-corrected chi connectivity index (χ1v) is 6.13. The lowest BCUT2D eigenvalue weighted by molar-refractivity contribution is 0.794. The van der Waals surface area contributed by atoms with Gasteiger partial charge in [-0.1, -0.05) is 11.6 Å². The fourth-order valence-electron chi connectivity index (χ4n) is 1.67. The third kappa shape index (κ3) is 1.87. The highest BCUT2D eigenvalue weighted by atomic mass is 79.9. The summed E-state index contributed by atoms with van der Waals surface area (Å²) in [6.45, 7) is 0. The molecule has 3 heteroatoms. The zero-order valence-electron chi connectivity index (χ0n) is 7.29. The van der Waals surface area contributed by atoms with Crippen LogP contribution < -0.4 is 5.73 Å². The number of nitrogens with two attached hydrogens (primary N) is 1. The smallest absolute Gasteiger partial charge is 0.0616 e. The van der Waals surface area contributed by atoms with E-state index in [9.17, 15) is 0 Å². The van der Waals surface area contributed by atoms with Crippen molar-refractivity contribution in [1.29, 1.82) is 0 Å². The number of thiophene rings is 1. The molecule has 1 aromatic heterocycles. The van der Waals surface area contributed by atoms with Gasteiger partial charge in [0.05, 0.1) is 6.04 Å². The molecule has 1 aromatic rings. The van der Waals surface area contributed by atoms with Crippen molar-refractivity contribution in [3.63, 3.8) is 0 Å². The number of hydrogen-bond donors (Lipinski definition) is 1. The van der Waals surface area contributed by atoms with Crippen LogP contribution in [0.2, 0.25) is 0 Å². The molecule has 70 valence electrons. The Bertz CT molecular complexity index is 329. The third-order valence-corrected chi connectivity index (χ3v) is 4.36. The SMILES string of the molecule is NC(C1=CCCC1)c1sccc1Br. The van der Waals surface area contributed by atoms with Crippen molar-refractivity contribution < 1.29 is 0 Å². The Hall–Kier alpha value is -0.120. The van der Waals surface area contributed by atoms with Gasteiger partial charge in [0, 0.05) is 9.35 Å². The van der Waals surface area contributed by atoms with Crippen LogP contribution in [0.15, 0.2) is 27.6 Å². The van der Waals surface area contributed by atoms with E-state index in [-0.39, 0.29) is 6.04 Å². The Kier molecular flexibility index (Phi) is 2.86. The van der Waals surface area contributed by atoms with Gasteiger partial charge in [-0.15, -0.1) is 11.3 Å². The first-order chi connectivity index (χ1) is 6.29. The van der Waals surface area contributed by atoms with Crippen molar-refractivity contribution in [2.45, 2.75) is 25.3 Å². The summed E-state index contributed by atoms with van der Waals surface area (Å²) in [5.41, 5.74) is 7.56. The number of halogens is 1. The Morgan fingerprint density at radius 1 is 1.54 bits per heavy atom. The molecule has 0 saturated carbocycles. The topological polar surface area (TPSA) is 26.0 Å². The Morgan fingerprint density at radius 3 is 2.92 bits per heavy atom. The minimum atomic E-state index is 0.122. The van der Waals surface area contributed by atoms with E-state index in [4.69, 9.17) is 5.73 Å². The van der Waals surface area contributed by atoms with Gasteiger partial charge in [0.2, 0.25) is 0 Å². The minimum Gasteiger partial charge on any atom is -0.320 e. The molecule has 0 saturated heterocycles. The predicted molar refractivity (Wildman–Crippen MR) is 60.9 cm³/mol. The van der Waals surface area contributed by atoms with Crippen molar-refractivity contribution in [1.82, 2.24) is 0 Å². The molecule has 1 aliphatic carbocycles. The lowest BCUT2D eigenvalue weighted by Gasteiger charge is -2.11. The van der Waals surface area contributed by atoms with Gasteiger partial charge in [0.25, 0.3) is 0 Å². The second-order valence-corrected chi connectivity index (χ2v) is 5.08. The fraction of sp³-hybridized carbons (Fsp3) is 0.400. The van der Waals surface area contributed by atoms with Crippen LogP contribution in [0.4, 0.5) is 0 Å². The summed E-state index contributed by atoms with van der Waals surface area (Å²) in [4.78, 5) is 1.26. The molecule has 1 nitrogen and oxygen atoms in total. The monoisotopic (exact) mass is 257 g/mol. The summed E-state index contributed by atoms with van der Waals surface area (Å²) in [6, 6.07) is 2.19. The van der Waals surface area contributed by atoms with Crippen LogP contribution in [0, 0.1) is 0 Å². The first-order valence-electron chi connectivity index (χ1n) is 4.46. The molecule has 0 aliphatic heterocycles. The Labute approximate surface area is 90.8 Å². The van der Waals surface area contributed by atoms with Gasteiger partial charge in [0.15, 0.2) is 0 Å². The molecule has 2 rings (SSSR count). The first kappa shape index (κ1) is 9.44. The largest absolute Gasteiger partial charge is 0.320 e. The van der Waals surface area contributed by atoms with Crippen LogP contribution in [0.1, 0.15) is 30.2 Å². The molecule has 13 heavy (non-hydrogen) atoms. The van der Waals surface area contributed by atoms with E-state index < -0.39 is 0 Å². The lowest BCUT2D eigenvalue weighted by atomic mass is 10.1. The summed E-state index contributed by atoms with van der Waals surface area (Å²) in [5, 5.41) is 2.08. The summed E-state index contributed by atoms with van der Waals surface area (Å²) in [7, 11) is 0. The van der Waals surface area contributed by atoms with E-state index in [2.05, 4.69) is 33.5 Å². The van der Waals surface area contributed by atoms with Gasteiger partial charge >= 0.3 is 0 Å². The van der Waals surface area contributed by atoms with Crippen LogP contribution in [-0.2, 0) is 0 Å². The number of hydrogen-bond acceptors (Lipinski definition) is 2. The van der Waals surface area contributed by atoms with E-state index in [0.29, 0.717) is 0 Å². The van der Waals surface area contributed by atoms with Crippen LogP contribution in [0.3, 0.4) is 0 Å². The number of allylic oxidation sites excluding steroid dienone is 1. The molecular formula is C10H12BrNS. The fourth-order valence-corrected chi connectivity index (χ4v) is 3.34. The van der Waals surface area contributed by atoms with Crippen molar-refractivity contribution in [3.05, 3.63) is 32.4 Å². The maximum absolute atomic E-state index is 6.16. The molecule has 0 aromatic carbocycles. The van der Waals surface area contributed by atoms with Gasteiger partial charge in [0.1, 0.15) is 0 Å². The minimum absolute atomic E-state index is 0.122. The lowest BCUT2D eigenvalue weighted by Crippen LogP contribution is -2.10. The van der Waals surface area contributed by atoms with Crippen molar-refractivity contribution in [2.24, 2.45) is 5.73 Å². The molecular weight excluding hydrogens is 246 g/mol. The van der Waals surface area contributed by atoms with Crippen LogP contribution in [0.25, 0.3) is 0 Å². The van der Waals surface area contributed by atoms with Gasteiger partial charge < -0.3 is 5.73 Å². The van der Waals surface area contributed by atoms with E-state index >= 15 is 0 Å². The van der Waals surface area contributed by atoms with Crippen LogP contribution >= 0.6 is 27.3 Å². The maximum Gasteiger partial charge on any atom is 0.0616 e. The normalized spacial score (nSPS) is 18.8. The highest BCUT2D eigenvalue weighted by molar-refractivity contribution is 9.10. The number of rotatable bonds is 2. The summed E-state index contributed by atoms with van der Waals surface area (Å²) >= 11 is 5.25. The van der Waals surface area contributed by atoms with E-state index in [1.54, 1.807) is 11.3 Å². The van der Waals surface area contributed by atoms with E-state index in [0.717, 1.165) is 4.47 Å². The molecule has 2 N–H and O–H groups in total. The molecule has 1 aliphatic rings. The second kappa shape index (κ2) is 3.95. The molecule has 0 amide bonds. The van der Waals surface area contributed by atoms with Gasteiger partial charge in [-0.2, -0.15) is 0 Å². The third-order valence-electron chi connectivity index (χ3n) is 2.40. The summed E-state index contributed by atoms with van der Waals surface area (Å²) in [6.07, 6.45) is 5.93. The van der Waals surface area contributed by atoms with Gasteiger partial charge in [-0.3, -0.25) is 0 Å². The van der Waals surface area contributed by atoms with Crippen LogP contribution in [-0.4, -0.2) is 0 Å². The zero-order chi connectivity index (χ0) is 9.26. The molecule has 0 bridgehead atoms. The summed E-state index contributed by atoms with van der Waals surface area (Å²) < 4.78 is 1.15. The van der Waals surface area contributed by atoms with E-state index in [1.165, 1.54) is 29.7 Å². The highest BCUT2D eigenvalue weighted by Crippen LogP contribution is 2.35. The molecule has 0 radical (unpaired) electrons. The predicted octanol–water partition coefficient (Wildman–Crippen LogP) is 3.62. The molecule has 1 atom stereocenters. The summed E-state index contributed by atoms with van der Waals surface area (Å²) in [5.74, 6) is 0. The second-order valence-electron chi connectivity index (χ2n) is 3.28. The average Bonchev–Trinajstić information content (AvgIpc) is 2.72. The molecule has 1 heterocycles. The van der Waals surface area contributed by atoms with Crippen molar-refractivity contribution >= 4 is 27.3 Å². The van der Waals surface area contributed by atoms with E-state index in [1.807, 2.05) is 0 Å². The maximum atomic E-state index is 6.16. The Balaban J connectivity index is 2.21. The quantitative estimate of drug-likeness (QED) is 0.805. The van der Waals surface area contributed by atoms with Gasteiger partial charge in [-0.05, 0) is 46.6 Å². The Morgan fingerprint density at radius 2 is 2.38 bits per heavy atom. The zero-order valence-corrected chi connectivity index (χ0v) is 9.70. The van der Waals surface area contributed by atoms with Crippen molar-refractivity contribution in [3.8, 4) is 0 Å². The molecule has 0 spiro atoms. The standard InChI is InChI=1S/C10H12BrNS/c11-8-5-6-13-10(8)9(12)7-3-1-2-4-7/h3,5-6,9H,1-2,4,12H2. The molecule has 1 unspecified atom stereocenters. The van der Waals surface area contributed by atoms with Crippen molar-refractivity contribution in [2.75, 3.05) is 0 Å². The molecule has 0 fully saturated rings.